The van der Waals surface area contributed by atoms with Crippen molar-refractivity contribution >= 4 is 5.96 Å². The summed E-state index contributed by atoms with van der Waals surface area (Å²) in [4.78, 5) is 4.71. The molecular formula is C16H30N6O2. The van der Waals surface area contributed by atoms with Crippen molar-refractivity contribution in [2.45, 2.75) is 45.3 Å². The van der Waals surface area contributed by atoms with E-state index in [1.165, 1.54) is 0 Å². The number of aromatic nitrogens is 3. The van der Waals surface area contributed by atoms with E-state index in [0.29, 0.717) is 6.54 Å². The molecule has 2 N–H and O–H groups in total. The number of rotatable bonds is 8. The van der Waals surface area contributed by atoms with E-state index in [4.69, 9.17) is 14.5 Å². The maximum absolute atomic E-state index is 5.74. The normalized spacial score (nSPS) is 17.7. The molecule has 8 heteroatoms. The van der Waals surface area contributed by atoms with E-state index in [9.17, 15) is 0 Å². The Morgan fingerprint density at radius 2 is 2.17 bits per heavy atom. The van der Waals surface area contributed by atoms with Gasteiger partial charge in [0.25, 0.3) is 0 Å². The molecule has 0 aliphatic carbocycles. The number of nitrogens with one attached hydrogen (secondary N) is 2. The van der Waals surface area contributed by atoms with Crippen LogP contribution in [0.2, 0.25) is 0 Å². The average molecular weight is 338 g/mol. The summed E-state index contributed by atoms with van der Waals surface area (Å²) in [7, 11) is 1.76. The fourth-order valence-electron chi connectivity index (χ4n) is 2.77. The van der Waals surface area contributed by atoms with Crippen LogP contribution < -0.4 is 10.6 Å². The lowest BCUT2D eigenvalue weighted by Gasteiger charge is -2.34. The summed E-state index contributed by atoms with van der Waals surface area (Å²) >= 11 is 0. The molecular weight excluding hydrogens is 308 g/mol. The highest BCUT2D eigenvalue weighted by atomic mass is 16.5. The molecule has 0 unspecified atom stereocenters. The molecule has 0 aromatic carbocycles. The van der Waals surface area contributed by atoms with Gasteiger partial charge in [-0.3, -0.25) is 4.99 Å². The minimum Gasteiger partial charge on any atom is -0.381 e. The molecule has 1 saturated heterocycles. The van der Waals surface area contributed by atoms with Gasteiger partial charge in [0.1, 0.15) is 12.2 Å². The molecule has 2 heterocycles. The van der Waals surface area contributed by atoms with Gasteiger partial charge in [0.05, 0.1) is 12.1 Å². The second-order valence-corrected chi connectivity index (χ2v) is 5.92. The molecule has 8 nitrogen and oxygen atoms in total. The number of hydrogen-bond donors (Lipinski definition) is 2. The summed E-state index contributed by atoms with van der Waals surface area (Å²) < 4.78 is 13.2. The minimum atomic E-state index is -0.204. The van der Waals surface area contributed by atoms with Crippen LogP contribution in [-0.4, -0.2) is 66.3 Å². The smallest absolute Gasteiger partial charge is 0.191 e. The van der Waals surface area contributed by atoms with Crippen LogP contribution in [0.25, 0.3) is 0 Å². The molecule has 24 heavy (non-hydrogen) atoms. The zero-order valence-electron chi connectivity index (χ0n) is 15.0. The SMILES string of the molecule is CCNC(=NCC1(OC)CCOCC1)NCCn1cnnc1CC. The van der Waals surface area contributed by atoms with Gasteiger partial charge in [-0.15, -0.1) is 10.2 Å². The Hall–Kier alpha value is -1.67. The van der Waals surface area contributed by atoms with E-state index < -0.39 is 0 Å². The van der Waals surface area contributed by atoms with Crippen LogP contribution in [0.5, 0.6) is 0 Å². The van der Waals surface area contributed by atoms with Crippen molar-refractivity contribution < 1.29 is 9.47 Å². The highest BCUT2D eigenvalue weighted by molar-refractivity contribution is 5.79. The number of aliphatic imine (C=N–C) groups is 1. The van der Waals surface area contributed by atoms with Crippen LogP contribution in [0.1, 0.15) is 32.5 Å². The number of hydrogen-bond acceptors (Lipinski definition) is 5. The molecule has 136 valence electrons. The zero-order chi connectivity index (χ0) is 17.3. The van der Waals surface area contributed by atoms with Crippen molar-refractivity contribution in [3.05, 3.63) is 12.2 Å². The molecule has 1 aliphatic heterocycles. The van der Waals surface area contributed by atoms with Crippen LogP contribution in [0.3, 0.4) is 0 Å². The van der Waals surface area contributed by atoms with Gasteiger partial charge in [-0.05, 0) is 6.92 Å². The quantitative estimate of drug-likeness (QED) is 0.533. The van der Waals surface area contributed by atoms with Gasteiger partial charge >= 0.3 is 0 Å². The summed E-state index contributed by atoms with van der Waals surface area (Å²) in [5, 5.41) is 14.7. The van der Waals surface area contributed by atoms with E-state index in [1.807, 2.05) is 0 Å². The molecule has 0 saturated carbocycles. The van der Waals surface area contributed by atoms with E-state index in [0.717, 1.165) is 63.9 Å². The first-order valence-corrected chi connectivity index (χ1v) is 8.74. The lowest BCUT2D eigenvalue weighted by atomic mass is 9.94. The van der Waals surface area contributed by atoms with Crippen molar-refractivity contribution in [3.8, 4) is 0 Å². The molecule has 0 atom stereocenters. The van der Waals surface area contributed by atoms with Crippen LogP contribution in [0, 0.1) is 0 Å². The van der Waals surface area contributed by atoms with Gasteiger partial charge < -0.3 is 24.7 Å². The second-order valence-electron chi connectivity index (χ2n) is 5.92. The van der Waals surface area contributed by atoms with Gasteiger partial charge in [0, 0.05) is 59.2 Å². The maximum Gasteiger partial charge on any atom is 0.191 e. The van der Waals surface area contributed by atoms with Gasteiger partial charge in [-0.2, -0.15) is 0 Å². The Bertz CT molecular complexity index is 510. The molecule has 1 aromatic heterocycles. The molecule has 1 aromatic rings. The lowest BCUT2D eigenvalue weighted by molar-refractivity contribution is -0.0828. The largest absolute Gasteiger partial charge is 0.381 e. The summed E-state index contributed by atoms with van der Waals surface area (Å²) in [6.45, 7) is 8.65. The molecule has 1 fully saturated rings. The zero-order valence-corrected chi connectivity index (χ0v) is 15.0. The fourth-order valence-corrected chi connectivity index (χ4v) is 2.77. The van der Waals surface area contributed by atoms with Crippen LogP contribution >= 0.6 is 0 Å². The van der Waals surface area contributed by atoms with E-state index in [1.54, 1.807) is 13.4 Å². The Balaban J connectivity index is 1.88. The number of aryl methyl sites for hydroxylation is 1. The number of methoxy groups -OCH3 is 1. The fraction of sp³-hybridized carbons (Fsp3) is 0.812. The molecule has 0 amide bonds. The second kappa shape index (κ2) is 9.58. The van der Waals surface area contributed by atoms with Gasteiger partial charge in [-0.25, -0.2) is 0 Å². The maximum atomic E-state index is 5.74. The third kappa shape index (κ3) is 5.17. The van der Waals surface area contributed by atoms with E-state index >= 15 is 0 Å². The Kier molecular flexibility index (Phi) is 7.45. The Labute approximate surface area is 144 Å². The molecule has 0 bridgehead atoms. The first-order chi connectivity index (χ1) is 11.7. The van der Waals surface area contributed by atoms with E-state index in [-0.39, 0.29) is 5.60 Å². The Morgan fingerprint density at radius 3 is 2.83 bits per heavy atom. The standard InChI is InChI=1S/C16H30N6O2/c1-4-14-21-20-13-22(14)9-8-18-15(17-5-2)19-12-16(23-3)6-10-24-11-7-16/h13H,4-12H2,1-3H3,(H2,17,18,19). The van der Waals surface area contributed by atoms with Crippen LogP contribution in [0.4, 0.5) is 0 Å². The highest BCUT2D eigenvalue weighted by Crippen LogP contribution is 2.24. The van der Waals surface area contributed by atoms with Crippen molar-refractivity contribution in [2.24, 2.45) is 4.99 Å². The molecule has 0 spiro atoms. The predicted molar refractivity (Wildman–Crippen MR) is 93.2 cm³/mol. The molecule has 0 radical (unpaired) electrons. The predicted octanol–water partition coefficient (Wildman–Crippen LogP) is 0.591. The first-order valence-electron chi connectivity index (χ1n) is 8.74. The summed E-state index contributed by atoms with van der Waals surface area (Å²) in [6, 6.07) is 0. The van der Waals surface area contributed by atoms with Crippen LogP contribution in [0.15, 0.2) is 11.3 Å². The average Bonchev–Trinajstić information content (AvgIpc) is 3.08. The van der Waals surface area contributed by atoms with Crippen molar-refractivity contribution in [1.29, 1.82) is 0 Å². The highest BCUT2D eigenvalue weighted by Gasteiger charge is 2.32. The monoisotopic (exact) mass is 338 g/mol. The first kappa shape index (κ1) is 18.7. The van der Waals surface area contributed by atoms with E-state index in [2.05, 4.69) is 39.2 Å². The summed E-state index contributed by atoms with van der Waals surface area (Å²) in [6.07, 6.45) is 4.42. The Morgan fingerprint density at radius 1 is 1.38 bits per heavy atom. The third-order valence-electron chi connectivity index (χ3n) is 4.36. The topological polar surface area (TPSA) is 85.6 Å². The lowest BCUT2D eigenvalue weighted by Crippen LogP contribution is -2.44. The van der Waals surface area contributed by atoms with Gasteiger partial charge in [-0.1, -0.05) is 6.92 Å². The third-order valence-corrected chi connectivity index (χ3v) is 4.36. The van der Waals surface area contributed by atoms with Crippen molar-refractivity contribution in [3.63, 3.8) is 0 Å². The minimum absolute atomic E-state index is 0.204. The van der Waals surface area contributed by atoms with Crippen molar-refractivity contribution in [2.75, 3.05) is 40.0 Å². The molecule has 2 rings (SSSR count). The number of guanidine groups is 1. The number of ether oxygens (including phenoxy) is 2. The molecule has 1 aliphatic rings. The number of nitrogens with zero attached hydrogens (tertiary/aromatic N) is 4. The summed E-state index contributed by atoms with van der Waals surface area (Å²) in [5.74, 6) is 1.81. The van der Waals surface area contributed by atoms with Crippen LogP contribution in [-0.2, 0) is 22.4 Å². The van der Waals surface area contributed by atoms with Gasteiger partial charge in [0.2, 0.25) is 0 Å². The van der Waals surface area contributed by atoms with Gasteiger partial charge in [0.15, 0.2) is 5.96 Å². The summed E-state index contributed by atoms with van der Waals surface area (Å²) in [5.41, 5.74) is -0.204. The van der Waals surface area contributed by atoms with Crippen molar-refractivity contribution in [1.82, 2.24) is 25.4 Å².